The Morgan fingerprint density at radius 1 is 0.714 bits per heavy atom. The molecule has 0 saturated carbocycles. The SMILES string of the molecule is CN[C@@H](CC(C)C)C(=O)N[C@H]1C(=O)N[C@@H](CC(N)=O)C(=O)NC2C(=O)N[C@@H]3C(=O)N[C@@H](C(=O)N[C@@H](C(=O)O)c4cc(O)cc(O)c4-c4cc3ccc4O)[C@H](O)c3ccc(c(Cl)c3)Oc3cc2cc(c3OC2O[C@H](CO)[C@@H](O)[C@@H](O)[C@H]2O[C@H]2C[C@@](C)(NCc3ccc(C(=O)Nc4ccc(N5CCOCC5)c(C(F)(F)F)c4)o3)[C@@H](O)[C@@H](C)O2)Oc2ccc(cc2Cl)[C@H]1O. The van der Waals surface area contributed by atoms with E-state index in [0.717, 1.165) is 78.9 Å². The van der Waals surface area contributed by atoms with E-state index >= 15 is 14.4 Å². The summed E-state index contributed by atoms with van der Waals surface area (Å²) in [4.78, 5) is 133. The molecule has 43 heteroatoms. The summed E-state index contributed by atoms with van der Waals surface area (Å²) in [6.45, 7) is 6.11. The number of nitrogens with two attached hydrogens (primary N) is 1. The minimum Gasteiger partial charge on any atom is -0.508 e. The van der Waals surface area contributed by atoms with Crippen molar-refractivity contribution in [3.8, 4) is 57.1 Å². The molecule has 21 N–H and O–H groups in total. The minimum absolute atomic E-state index is 0.0783. The van der Waals surface area contributed by atoms with Gasteiger partial charge in [0.2, 0.25) is 53.4 Å². The fourth-order valence-electron chi connectivity index (χ4n) is 15.6. The van der Waals surface area contributed by atoms with Crippen LogP contribution in [0.2, 0.25) is 10.0 Å². The third-order valence-electron chi connectivity index (χ3n) is 22.2. The highest BCUT2D eigenvalue weighted by atomic mass is 35.5. The number of carboxylic acids is 1. The number of aliphatic carboxylic acids is 1. The van der Waals surface area contributed by atoms with Crippen molar-refractivity contribution in [3.63, 3.8) is 0 Å². The number of phenols is 3. The number of rotatable bonds is 19. The van der Waals surface area contributed by atoms with Gasteiger partial charge < -0.3 is 147 Å². The number of likely N-dealkylation sites (N-methyl/N-ethyl adjacent to an activating group) is 1. The number of ether oxygens (including phenoxy) is 7. The van der Waals surface area contributed by atoms with Crippen molar-refractivity contribution in [3.05, 3.63) is 164 Å². The van der Waals surface area contributed by atoms with E-state index in [1.54, 1.807) is 20.8 Å². The number of primary amides is 1. The van der Waals surface area contributed by atoms with Crippen LogP contribution in [0.5, 0.6) is 46.0 Å². The Hall–Kier alpha value is -11.7. The van der Waals surface area contributed by atoms with Gasteiger partial charge in [0.1, 0.15) is 95.2 Å². The fourth-order valence-corrected chi connectivity index (χ4v) is 16.1. The molecule has 9 heterocycles. The highest BCUT2D eigenvalue weighted by molar-refractivity contribution is 6.32. The van der Waals surface area contributed by atoms with Crippen LogP contribution in [0.15, 0.2) is 114 Å². The number of phenolic OH excluding ortho intramolecular Hbond substituents is 3. The average molecular weight is 1800 g/mol. The monoisotopic (exact) mass is 1800 g/mol. The number of carboxylic acid groups (broad SMARTS) is 1. The first kappa shape index (κ1) is 92.0. The molecule has 0 aliphatic carbocycles. The molecular weight excluding hydrogens is 1710 g/mol. The molecule has 1 aromatic heterocycles. The first-order valence-electron chi connectivity index (χ1n) is 39.6. The molecule has 18 atom stereocenters. The number of aromatic hydroxyl groups is 3. The minimum atomic E-state index is -4.81. The number of fused-ring (bicyclic) bond motifs is 15. The quantitative estimate of drug-likeness (QED) is 0.0549. The second-order valence-electron chi connectivity index (χ2n) is 31.5. The Bertz CT molecular complexity index is 5360. The smallest absolute Gasteiger partial charge is 0.418 e. The Morgan fingerprint density at radius 3 is 1.98 bits per heavy atom. The molecule has 6 aromatic carbocycles. The maximum atomic E-state index is 16.2. The summed E-state index contributed by atoms with van der Waals surface area (Å²) < 4.78 is 93.9. The molecule has 0 spiro atoms. The highest BCUT2D eigenvalue weighted by Gasteiger charge is 2.53. The van der Waals surface area contributed by atoms with Crippen LogP contribution in [0.4, 0.5) is 24.5 Å². The zero-order valence-corrected chi connectivity index (χ0v) is 69.0. The molecule has 11 bridgehead atoms. The number of morpholine rings is 1. The number of anilines is 2. The molecule has 2 unspecified atom stereocenters. The normalized spacial score (nSPS) is 26.8. The number of alkyl halides is 3. The average Bonchev–Trinajstić information content (AvgIpc) is 0.793. The summed E-state index contributed by atoms with van der Waals surface area (Å²) in [5.41, 5.74) is -0.139. The van der Waals surface area contributed by atoms with Crippen LogP contribution in [0.1, 0.15) is 127 Å². The lowest BCUT2D eigenvalue weighted by atomic mass is 9.85. The number of halogens is 5. The fraction of sp³-hybridized carbons (Fsp3) is 0.410. The van der Waals surface area contributed by atoms with Crippen LogP contribution in [0.3, 0.4) is 0 Å². The molecule has 8 amide bonds. The van der Waals surface area contributed by atoms with Gasteiger partial charge in [0.25, 0.3) is 5.91 Å². The van der Waals surface area contributed by atoms with Gasteiger partial charge >= 0.3 is 12.1 Å². The first-order chi connectivity index (χ1) is 59.7. The second-order valence-corrected chi connectivity index (χ2v) is 32.3. The van der Waals surface area contributed by atoms with Crippen LogP contribution in [0.25, 0.3) is 11.1 Å². The number of amides is 8. The number of carbonyl (C=O) groups excluding carboxylic acids is 8. The molecule has 38 nitrogen and oxygen atoms in total. The predicted octanol–water partition coefficient (Wildman–Crippen LogP) is 3.64. The Labute approximate surface area is 724 Å². The number of aliphatic hydroxyl groups is 6. The number of aliphatic hydroxyl groups excluding tert-OH is 6. The molecule has 15 rings (SSSR count). The zero-order chi connectivity index (χ0) is 91.0. The molecule has 126 heavy (non-hydrogen) atoms. The van der Waals surface area contributed by atoms with E-state index in [1.165, 1.54) is 49.2 Å². The van der Waals surface area contributed by atoms with Crippen molar-refractivity contribution in [2.75, 3.05) is 50.2 Å². The third-order valence-corrected chi connectivity index (χ3v) is 22.8. The van der Waals surface area contributed by atoms with Crippen molar-refractivity contribution >= 4 is 87.8 Å². The van der Waals surface area contributed by atoms with Gasteiger partial charge in [0.05, 0.1) is 66.6 Å². The number of hydrogen-bond acceptors (Lipinski definition) is 29. The lowest BCUT2D eigenvalue weighted by molar-refractivity contribution is -0.334. The van der Waals surface area contributed by atoms with Gasteiger partial charge in [-0.15, -0.1) is 0 Å². The molecule has 0 radical (unpaired) electrons. The number of carbonyl (C=O) groups is 9. The van der Waals surface area contributed by atoms with Crippen molar-refractivity contribution in [2.45, 2.75) is 169 Å². The van der Waals surface area contributed by atoms with E-state index in [2.05, 4.69) is 47.9 Å². The summed E-state index contributed by atoms with van der Waals surface area (Å²) in [7, 11) is 1.45. The lowest BCUT2D eigenvalue weighted by Crippen LogP contribution is -2.65. The number of benzene rings is 6. The molecule has 3 saturated heterocycles. The Morgan fingerprint density at radius 2 is 1.36 bits per heavy atom. The van der Waals surface area contributed by atoms with E-state index in [9.17, 15) is 93.0 Å². The molecular formula is C83H90Cl2F3N11O27. The molecule has 674 valence electrons. The van der Waals surface area contributed by atoms with Crippen molar-refractivity contribution in [1.82, 2.24) is 42.5 Å². The number of furan rings is 1. The van der Waals surface area contributed by atoms with Gasteiger partial charge in [-0.05, 0) is 140 Å². The third kappa shape index (κ3) is 19.9. The van der Waals surface area contributed by atoms with Crippen LogP contribution in [0, 0.1) is 5.92 Å². The van der Waals surface area contributed by atoms with E-state index in [-0.39, 0.29) is 85.6 Å². The van der Waals surface area contributed by atoms with Crippen LogP contribution >= 0.6 is 23.2 Å². The topological polar surface area (TPSA) is 571 Å². The van der Waals surface area contributed by atoms with E-state index in [1.807, 2.05) is 0 Å². The summed E-state index contributed by atoms with van der Waals surface area (Å²) >= 11 is 14.3. The van der Waals surface area contributed by atoms with Crippen molar-refractivity contribution < 1.29 is 145 Å². The number of nitrogens with one attached hydrogen (secondary N) is 9. The summed E-state index contributed by atoms with van der Waals surface area (Å²) in [6, 6.07) is 4.59. The van der Waals surface area contributed by atoms with Crippen LogP contribution in [-0.4, -0.2) is 223 Å². The summed E-state index contributed by atoms with van der Waals surface area (Å²) in [5, 5.41) is 139. The molecule has 7 aromatic rings. The second kappa shape index (κ2) is 37.9. The van der Waals surface area contributed by atoms with E-state index < -0.39 is 271 Å². The zero-order valence-electron chi connectivity index (χ0n) is 67.5. The number of nitrogens with zero attached hydrogens (tertiary/aromatic N) is 1. The van der Waals surface area contributed by atoms with E-state index in [0.29, 0.717) is 0 Å². The Balaban J connectivity index is 0.928. The van der Waals surface area contributed by atoms with Gasteiger partial charge in [-0.25, -0.2) is 4.79 Å². The largest absolute Gasteiger partial charge is 0.508 e. The standard InChI is InChI=1S/C83H90Cl2F3N11O27/c1-33(2)20-47(90-5)73(110)97-64-66(105)36-7-13-52(45(84)22-36)122-55-24-38-25-56(70(55)126-81-71(69(108)68(107)57(32-100)124-81)125-59-30-82(4,72(109)34(3)120-59)91-31-41-10-15-54(121-41)75(112)92-39-9-11-49(44(26-39)83(86,87)88)99-16-18-119-19-17-99)123-53-14-8-37(23-46(53)85)67(106)65-79(116)96-63(80(117)118)43-27-40(101)28-51(103)60(43)42-21-35(6-12-50(42)102)61(76(113)98-65)95-77(114)62(38)94-74(111)48(29-58(89)104)93-78(64)115/h6-15,21-28,33-34,47-48,57,59,61-69,71-72,81,90-91,100-103,105-109H,16-20,29-32H2,1-5H3,(H2,89,104)(H,92,112)(H,93,115)(H,94,111)(H,95,114)(H,96,116)(H,97,110)(H,98,113)(H,117,118)/t34-,47+,48+,57-,59+,61+,62?,63-,64-,65-,66-,67-,68-,69-,71-,72+,81?,82-/m1/s1. The highest BCUT2D eigenvalue weighted by Crippen LogP contribution is 2.51. The van der Waals surface area contributed by atoms with Gasteiger partial charge in [-0.2, -0.15) is 13.2 Å². The van der Waals surface area contributed by atoms with Crippen molar-refractivity contribution in [1.29, 1.82) is 0 Å². The Kier molecular flexibility index (Phi) is 27.6. The molecule has 3 fully saturated rings. The first-order valence-corrected chi connectivity index (χ1v) is 40.3. The van der Waals surface area contributed by atoms with Crippen LogP contribution in [-0.2, 0) is 70.0 Å². The molecule has 8 aliphatic rings. The maximum Gasteiger partial charge on any atom is 0.418 e. The van der Waals surface area contributed by atoms with Gasteiger partial charge in [0, 0.05) is 59.2 Å². The van der Waals surface area contributed by atoms with Crippen LogP contribution < -0.4 is 72.7 Å². The van der Waals surface area contributed by atoms with Gasteiger partial charge in [-0.1, -0.05) is 55.2 Å². The predicted molar refractivity (Wildman–Crippen MR) is 433 cm³/mol. The number of hydrogen-bond donors (Lipinski definition) is 20. The van der Waals surface area contributed by atoms with Gasteiger partial charge in [-0.3, -0.25) is 38.4 Å². The summed E-state index contributed by atoms with van der Waals surface area (Å²) in [5.74, 6) is -17.9. The summed E-state index contributed by atoms with van der Waals surface area (Å²) in [6.07, 6.45) is -24.9. The van der Waals surface area contributed by atoms with E-state index in [4.69, 9.17) is 66.5 Å². The molecule has 8 aliphatic heterocycles. The van der Waals surface area contributed by atoms with Crippen molar-refractivity contribution in [2.24, 2.45) is 11.7 Å². The maximum absolute atomic E-state index is 16.2. The lowest BCUT2D eigenvalue weighted by Gasteiger charge is -2.48. The van der Waals surface area contributed by atoms with Gasteiger partial charge in [0.15, 0.2) is 35.7 Å².